The monoisotopic (exact) mass is 487 g/mol. The lowest BCUT2D eigenvalue weighted by Crippen LogP contribution is -2.13. The van der Waals surface area contributed by atoms with Crippen LogP contribution in [0.5, 0.6) is 0 Å². The molecule has 0 spiro atoms. The van der Waals surface area contributed by atoms with Gasteiger partial charge in [-0.15, -0.1) is 0 Å². The molecule has 0 N–H and O–H groups in total. The minimum atomic E-state index is 0.828. The van der Waals surface area contributed by atoms with E-state index in [9.17, 15) is 0 Å². The van der Waals surface area contributed by atoms with Gasteiger partial charge in [-0.2, -0.15) is 0 Å². The molecule has 1 heteroatoms. The zero-order valence-electron chi connectivity index (χ0n) is 23.5. The molecule has 1 nitrogen and oxygen atoms in total. The summed E-state index contributed by atoms with van der Waals surface area (Å²) in [5, 5.41) is 0. The fourth-order valence-corrected chi connectivity index (χ4v) is 5.76. The highest BCUT2D eigenvalue weighted by molar-refractivity contribution is 5.59. The van der Waals surface area contributed by atoms with Gasteiger partial charge in [-0.05, 0) is 80.4 Å². The normalized spacial score (nSPS) is 18.2. The van der Waals surface area contributed by atoms with Gasteiger partial charge in [0.25, 0.3) is 0 Å². The number of aryl methyl sites for hydroxylation is 2. The number of rotatable bonds is 17. The maximum Gasteiger partial charge on any atom is 0.0702 e. The number of nitrogens with zero attached hydrogens (tertiary/aromatic N) is 1. The van der Waals surface area contributed by atoms with E-state index >= 15 is 0 Å². The molecule has 1 fully saturated rings. The van der Waals surface area contributed by atoms with Gasteiger partial charge in [0.05, 0.1) is 5.69 Å². The number of hydrogen-bond acceptors (Lipinski definition) is 1. The van der Waals surface area contributed by atoms with Crippen LogP contribution in [0.2, 0.25) is 0 Å². The van der Waals surface area contributed by atoms with Gasteiger partial charge in [0.1, 0.15) is 0 Å². The topological polar surface area (TPSA) is 12.9 Å². The summed E-state index contributed by atoms with van der Waals surface area (Å²) in [6.07, 6.45) is 31.5. The second-order valence-electron chi connectivity index (χ2n) is 11.4. The van der Waals surface area contributed by atoms with Crippen LogP contribution in [0.1, 0.15) is 128 Å². The predicted molar refractivity (Wildman–Crippen MR) is 158 cm³/mol. The molecule has 0 unspecified atom stereocenters. The first-order chi connectivity index (χ1) is 17.8. The van der Waals surface area contributed by atoms with E-state index in [4.69, 9.17) is 4.98 Å². The van der Waals surface area contributed by atoms with Gasteiger partial charge in [-0.25, -0.2) is 0 Å². The second kappa shape index (κ2) is 17.5. The fourth-order valence-electron chi connectivity index (χ4n) is 5.76. The van der Waals surface area contributed by atoms with E-state index < -0.39 is 0 Å². The zero-order chi connectivity index (χ0) is 25.3. The Bertz CT molecular complexity index is 824. The van der Waals surface area contributed by atoms with Crippen LogP contribution in [0.3, 0.4) is 0 Å². The average molecular weight is 488 g/mol. The first-order valence-corrected chi connectivity index (χ1v) is 15.5. The number of hydrogen-bond donors (Lipinski definition) is 0. The number of pyridine rings is 1. The van der Waals surface area contributed by atoms with Gasteiger partial charge in [-0.1, -0.05) is 121 Å². The van der Waals surface area contributed by atoms with Gasteiger partial charge in [0.2, 0.25) is 0 Å². The van der Waals surface area contributed by atoms with Crippen LogP contribution in [0, 0.1) is 11.8 Å². The Kier molecular flexibility index (Phi) is 14.0. The van der Waals surface area contributed by atoms with Gasteiger partial charge in [0.15, 0.2) is 0 Å². The first kappa shape index (κ1) is 28.7. The van der Waals surface area contributed by atoms with Gasteiger partial charge >= 0.3 is 0 Å². The molecular weight excluding hydrogens is 434 g/mol. The number of allylic oxidation sites excluding steroid dienone is 2. The van der Waals surface area contributed by atoms with Crippen LogP contribution in [0.4, 0.5) is 0 Å². The minimum absolute atomic E-state index is 0.828. The summed E-state index contributed by atoms with van der Waals surface area (Å²) in [5.74, 6) is 1.84. The molecule has 0 aliphatic heterocycles. The van der Waals surface area contributed by atoms with Crippen LogP contribution in [0.25, 0.3) is 11.3 Å². The molecule has 0 amide bonds. The Morgan fingerprint density at radius 3 is 2.06 bits per heavy atom. The van der Waals surface area contributed by atoms with E-state index in [-0.39, 0.29) is 0 Å². The van der Waals surface area contributed by atoms with Crippen molar-refractivity contribution in [1.29, 1.82) is 0 Å². The summed E-state index contributed by atoms with van der Waals surface area (Å²) in [6, 6.07) is 13.6. The van der Waals surface area contributed by atoms with E-state index in [1.807, 2.05) is 0 Å². The maximum atomic E-state index is 4.76. The Labute approximate surface area is 223 Å². The molecule has 0 bridgehead atoms. The molecule has 1 aliphatic carbocycles. The molecule has 1 aromatic carbocycles. The van der Waals surface area contributed by atoms with Crippen molar-refractivity contribution in [2.24, 2.45) is 11.8 Å². The van der Waals surface area contributed by atoms with Crippen molar-refractivity contribution in [3.63, 3.8) is 0 Å². The Morgan fingerprint density at radius 2 is 1.36 bits per heavy atom. The molecular formula is C35H53N. The molecule has 198 valence electrons. The molecule has 1 aromatic heterocycles. The van der Waals surface area contributed by atoms with Crippen molar-refractivity contribution in [2.75, 3.05) is 0 Å². The van der Waals surface area contributed by atoms with E-state index in [1.165, 1.54) is 113 Å². The number of benzene rings is 1. The zero-order valence-corrected chi connectivity index (χ0v) is 23.5. The molecule has 36 heavy (non-hydrogen) atoms. The van der Waals surface area contributed by atoms with Crippen molar-refractivity contribution in [3.05, 3.63) is 65.9 Å². The molecule has 0 radical (unpaired) electrons. The summed E-state index contributed by atoms with van der Waals surface area (Å²) in [5.41, 5.74) is 5.13. The van der Waals surface area contributed by atoms with Crippen molar-refractivity contribution in [3.8, 4) is 11.3 Å². The highest BCUT2D eigenvalue weighted by Gasteiger charge is 2.18. The summed E-state index contributed by atoms with van der Waals surface area (Å²) in [6.45, 7) is 4.59. The quantitative estimate of drug-likeness (QED) is 0.160. The Hall–Kier alpha value is -1.89. The van der Waals surface area contributed by atoms with E-state index in [2.05, 4.69) is 68.6 Å². The van der Waals surface area contributed by atoms with Crippen molar-refractivity contribution in [2.45, 2.75) is 129 Å². The third kappa shape index (κ3) is 11.0. The standard InChI is InChI=1S/C35H53N/c1-3-5-7-8-9-10-12-18-33-25-28-35(36-29-33)34-26-23-32(24-27-34)17-14-13-16-31-21-19-30(20-22-31)15-11-6-4-2/h13,16,23-31H,3-12,14-15,17-22H2,1-2H3/b16-13+. The lowest BCUT2D eigenvalue weighted by atomic mass is 9.79. The maximum absolute atomic E-state index is 4.76. The van der Waals surface area contributed by atoms with Gasteiger partial charge in [-0.3, -0.25) is 4.98 Å². The van der Waals surface area contributed by atoms with E-state index in [1.54, 1.807) is 0 Å². The third-order valence-electron chi connectivity index (χ3n) is 8.26. The number of unbranched alkanes of at least 4 members (excludes halogenated alkanes) is 8. The third-order valence-corrected chi connectivity index (χ3v) is 8.26. The Morgan fingerprint density at radius 1 is 0.694 bits per heavy atom. The molecule has 1 saturated carbocycles. The summed E-state index contributed by atoms with van der Waals surface area (Å²) >= 11 is 0. The molecule has 1 aliphatic rings. The second-order valence-corrected chi connectivity index (χ2v) is 11.4. The molecule has 2 aromatic rings. The summed E-state index contributed by atoms with van der Waals surface area (Å²) in [7, 11) is 0. The largest absolute Gasteiger partial charge is 0.256 e. The lowest BCUT2D eigenvalue weighted by molar-refractivity contribution is 0.289. The molecule has 3 rings (SSSR count). The molecule has 0 saturated heterocycles. The van der Waals surface area contributed by atoms with Crippen molar-refractivity contribution < 1.29 is 0 Å². The van der Waals surface area contributed by atoms with E-state index in [0.717, 1.165) is 36.8 Å². The van der Waals surface area contributed by atoms with Crippen molar-refractivity contribution >= 4 is 0 Å². The lowest BCUT2D eigenvalue weighted by Gasteiger charge is -2.26. The van der Waals surface area contributed by atoms with Crippen LogP contribution < -0.4 is 0 Å². The van der Waals surface area contributed by atoms with Crippen LogP contribution in [-0.2, 0) is 12.8 Å². The minimum Gasteiger partial charge on any atom is -0.256 e. The highest BCUT2D eigenvalue weighted by Crippen LogP contribution is 2.32. The SMILES string of the molecule is CCCCCCCCCc1ccc(-c2ccc(CC/C=C/C3CCC(CCCCC)CC3)cc2)nc1. The molecule has 1 heterocycles. The van der Waals surface area contributed by atoms with E-state index in [0.29, 0.717) is 0 Å². The predicted octanol–water partition coefficient (Wildman–Crippen LogP) is 10.9. The number of aromatic nitrogens is 1. The summed E-state index contributed by atoms with van der Waals surface area (Å²) in [4.78, 5) is 4.76. The highest BCUT2D eigenvalue weighted by atomic mass is 14.7. The smallest absolute Gasteiger partial charge is 0.0702 e. The Balaban J connectivity index is 1.32. The van der Waals surface area contributed by atoms with Gasteiger partial charge in [0, 0.05) is 11.8 Å². The van der Waals surface area contributed by atoms with Crippen LogP contribution in [-0.4, -0.2) is 4.98 Å². The van der Waals surface area contributed by atoms with Gasteiger partial charge < -0.3 is 0 Å². The first-order valence-electron chi connectivity index (χ1n) is 15.5. The van der Waals surface area contributed by atoms with Crippen LogP contribution in [0.15, 0.2) is 54.7 Å². The fraction of sp³-hybridized carbons (Fsp3) is 0.629. The average Bonchev–Trinajstić information content (AvgIpc) is 2.92. The molecule has 0 atom stereocenters. The summed E-state index contributed by atoms with van der Waals surface area (Å²) < 4.78 is 0. The van der Waals surface area contributed by atoms with Crippen molar-refractivity contribution in [1.82, 2.24) is 4.98 Å². The van der Waals surface area contributed by atoms with Crippen LogP contribution >= 0.6 is 0 Å².